The van der Waals surface area contributed by atoms with Crippen molar-refractivity contribution in [2.75, 3.05) is 22.0 Å². The van der Waals surface area contributed by atoms with Crippen LogP contribution in [-0.2, 0) is 26.0 Å². The Morgan fingerprint density at radius 3 is 2.61 bits per heavy atom. The average Bonchev–Trinajstić information content (AvgIpc) is 3.09. The fourth-order valence-electron chi connectivity index (χ4n) is 3.84. The van der Waals surface area contributed by atoms with Gasteiger partial charge < -0.3 is 10.2 Å². The van der Waals surface area contributed by atoms with E-state index in [2.05, 4.69) is 10.0 Å². The highest BCUT2D eigenvalue weighted by Gasteiger charge is 2.33. The van der Waals surface area contributed by atoms with Crippen molar-refractivity contribution >= 4 is 38.9 Å². The highest BCUT2D eigenvalue weighted by atomic mass is 32.2. The average molecular weight is 399 g/mol. The summed E-state index contributed by atoms with van der Waals surface area (Å²) in [7, 11) is -2.15. The Morgan fingerprint density at radius 2 is 1.89 bits per heavy atom. The van der Waals surface area contributed by atoms with Crippen molar-refractivity contribution in [3.05, 3.63) is 47.5 Å². The fraction of sp³-hybridized carbons (Fsp3) is 0.300. The van der Waals surface area contributed by atoms with Crippen LogP contribution in [-0.4, -0.2) is 27.3 Å². The summed E-state index contributed by atoms with van der Waals surface area (Å²) in [5, 5.41) is 2.83. The number of nitrogens with zero attached hydrogens (tertiary/aromatic N) is 1. The van der Waals surface area contributed by atoms with Gasteiger partial charge in [0.15, 0.2) is 0 Å². The second-order valence-electron chi connectivity index (χ2n) is 7.54. The second-order valence-corrected chi connectivity index (χ2v) is 9.22. The molecule has 0 aliphatic carbocycles. The number of fused-ring (bicyclic) bond motifs is 2. The van der Waals surface area contributed by atoms with Crippen molar-refractivity contribution in [2.24, 2.45) is 5.92 Å². The molecule has 0 saturated heterocycles. The van der Waals surface area contributed by atoms with Crippen LogP contribution < -0.4 is 14.9 Å². The lowest BCUT2D eigenvalue weighted by Gasteiger charge is -2.15. The lowest BCUT2D eigenvalue weighted by molar-refractivity contribution is -0.118. The topological polar surface area (TPSA) is 95.6 Å². The molecule has 146 valence electrons. The zero-order valence-electron chi connectivity index (χ0n) is 15.8. The zero-order valence-corrected chi connectivity index (χ0v) is 16.6. The molecule has 2 amide bonds. The molecule has 2 aromatic carbocycles. The SMILES string of the molecule is CC(C)C1C(=O)Nc2ccc(NS(=O)(=O)c3ccc4c(c3)CC(=O)N4C)cc21. The summed E-state index contributed by atoms with van der Waals surface area (Å²) in [4.78, 5) is 25.6. The van der Waals surface area contributed by atoms with Gasteiger partial charge in [-0.15, -0.1) is 0 Å². The number of hydrogen-bond donors (Lipinski definition) is 2. The number of amides is 2. The van der Waals surface area contributed by atoms with E-state index in [1.165, 1.54) is 17.0 Å². The molecule has 2 heterocycles. The van der Waals surface area contributed by atoms with Gasteiger partial charge in [-0.2, -0.15) is 0 Å². The molecule has 0 aromatic heterocycles. The molecule has 0 spiro atoms. The molecule has 0 radical (unpaired) electrons. The summed E-state index contributed by atoms with van der Waals surface area (Å²) in [6.07, 6.45) is 0.192. The molecule has 8 heteroatoms. The highest BCUT2D eigenvalue weighted by Crippen LogP contribution is 2.39. The van der Waals surface area contributed by atoms with Crippen molar-refractivity contribution in [2.45, 2.75) is 31.1 Å². The molecule has 0 saturated carbocycles. The third-order valence-electron chi connectivity index (χ3n) is 5.28. The maximum absolute atomic E-state index is 12.9. The van der Waals surface area contributed by atoms with Crippen LogP contribution in [0.5, 0.6) is 0 Å². The number of sulfonamides is 1. The molecule has 7 nitrogen and oxygen atoms in total. The van der Waals surface area contributed by atoms with E-state index in [9.17, 15) is 18.0 Å². The minimum Gasteiger partial charge on any atom is -0.325 e. The number of carbonyl (C=O) groups is 2. The molecule has 1 unspecified atom stereocenters. The molecule has 28 heavy (non-hydrogen) atoms. The van der Waals surface area contributed by atoms with E-state index >= 15 is 0 Å². The Hall–Kier alpha value is -2.87. The molecule has 2 aliphatic heterocycles. The molecule has 2 aliphatic rings. The number of carbonyl (C=O) groups excluding carboxylic acids is 2. The van der Waals surface area contributed by atoms with Crippen molar-refractivity contribution in [1.82, 2.24) is 0 Å². The van der Waals surface area contributed by atoms with Gasteiger partial charge in [-0.3, -0.25) is 14.3 Å². The first-order valence-electron chi connectivity index (χ1n) is 9.04. The summed E-state index contributed by atoms with van der Waals surface area (Å²) in [5.41, 5.74) is 3.33. The van der Waals surface area contributed by atoms with Crippen LogP contribution in [0.2, 0.25) is 0 Å². The van der Waals surface area contributed by atoms with Gasteiger partial charge in [0.05, 0.1) is 17.2 Å². The lowest BCUT2D eigenvalue weighted by Crippen LogP contribution is -2.20. The fourth-order valence-corrected chi connectivity index (χ4v) is 4.94. The van der Waals surface area contributed by atoms with Crippen molar-refractivity contribution in [3.8, 4) is 0 Å². The van der Waals surface area contributed by atoms with E-state index in [1.807, 2.05) is 13.8 Å². The van der Waals surface area contributed by atoms with E-state index < -0.39 is 10.0 Å². The van der Waals surface area contributed by atoms with Crippen molar-refractivity contribution in [1.29, 1.82) is 0 Å². The summed E-state index contributed by atoms with van der Waals surface area (Å²) < 4.78 is 28.3. The van der Waals surface area contributed by atoms with Crippen molar-refractivity contribution < 1.29 is 18.0 Å². The molecule has 1 atom stereocenters. The zero-order chi connectivity index (χ0) is 20.2. The number of hydrogen-bond acceptors (Lipinski definition) is 4. The predicted molar refractivity (Wildman–Crippen MR) is 107 cm³/mol. The first kappa shape index (κ1) is 18.5. The summed E-state index contributed by atoms with van der Waals surface area (Å²) >= 11 is 0. The molecule has 4 rings (SSSR count). The van der Waals surface area contributed by atoms with Gasteiger partial charge >= 0.3 is 0 Å². The Morgan fingerprint density at radius 1 is 1.14 bits per heavy atom. The minimum absolute atomic E-state index is 0.0620. The van der Waals surface area contributed by atoms with Gasteiger partial charge in [-0.05, 0) is 53.4 Å². The lowest BCUT2D eigenvalue weighted by atomic mass is 9.89. The number of anilines is 3. The Balaban J connectivity index is 1.64. The number of likely N-dealkylation sites (N-methyl/N-ethyl adjacent to an activating group) is 1. The molecule has 0 fully saturated rings. The third-order valence-corrected chi connectivity index (χ3v) is 6.66. The van der Waals surface area contributed by atoms with Crippen LogP contribution in [0.1, 0.15) is 30.9 Å². The van der Waals surface area contributed by atoms with E-state index in [4.69, 9.17) is 0 Å². The van der Waals surface area contributed by atoms with Gasteiger partial charge in [0, 0.05) is 24.1 Å². The monoisotopic (exact) mass is 399 g/mol. The maximum Gasteiger partial charge on any atom is 0.261 e. The van der Waals surface area contributed by atoms with Crippen molar-refractivity contribution in [3.63, 3.8) is 0 Å². The first-order chi connectivity index (χ1) is 13.2. The van der Waals surface area contributed by atoms with Crippen LogP contribution >= 0.6 is 0 Å². The Labute approximate surface area is 163 Å². The summed E-state index contributed by atoms with van der Waals surface area (Å²) in [6, 6.07) is 9.73. The third kappa shape index (κ3) is 2.93. The number of rotatable bonds is 4. The van der Waals surface area contributed by atoms with E-state index in [0.29, 0.717) is 16.9 Å². The highest BCUT2D eigenvalue weighted by molar-refractivity contribution is 7.92. The molecular formula is C20H21N3O4S. The minimum atomic E-state index is -3.82. The standard InChI is InChI=1S/C20H21N3O4S/c1-11(2)19-15-10-13(4-6-16(15)21-20(19)25)22-28(26,27)14-5-7-17-12(8-14)9-18(24)23(17)3/h4-8,10-11,19,22H,9H2,1-3H3,(H,21,25). The molecular weight excluding hydrogens is 378 g/mol. The maximum atomic E-state index is 12.9. The number of nitrogens with one attached hydrogen (secondary N) is 2. The largest absolute Gasteiger partial charge is 0.325 e. The van der Waals surface area contributed by atoms with Gasteiger partial charge in [-0.25, -0.2) is 8.42 Å². The second kappa shape index (κ2) is 6.34. The van der Waals surface area contributed by atoms with E-state index in [0.717, 1.165) is 11.3 Å². The molecule has 0 bridgehead atoms. The first-order valence-corrected chi connectivity index (χ1v) is 10.5. The van der Waals surface area contributed by atoms with Crippen LogP contribution in [0.3, 0.4) is 0 Å². The van der Waals surface area contributed by atoms with Gasteiger partial charge in [-0.1, -0.05) is 13.8 Å². The van der Waals surface area contributed by atoms with Gasteiger partial charge in [0.1, 0.15) is 0 Å². The summed E-state index contributed by atoms with van der Waals surface area (Å²) in [6.45, 7) is 3.91. The smallest absolute Gasteiger partial charge is 0.261 e. The Kier molecular flexibility index (Phi) is 4.19. The summed E-state index contributed by atoms with van der Waals surface area (Å²) in [5.74, 6) is -0.342. The quantitative estimate of drug-likeness (QED) is 0.826. The van der Waals surface area contributed by atoms with Crippen LogP contribution in [0.15, 0.2) is 41.3 Å². The number of benzene rings is 2. The van der Waals surface area contributed by atoms with E-state index in [1.54, 1.807) is 31.3 Å². The normalized spacial score (nSPS) is 18.3. The van der Waals surface area contributed by atoms with Crippen LogP contribution in [0.25, 0.3) is 0 Å². The van der Waals surface area contributed by atoms with E-state index in [-0.39, 0.29) is 35.0 Å². The Bertz CT molecular complexity index is 1110. The van der Waals surface area contributed by atoms with Gasteiger partial charge in [0.25, 0.3) is 10.0 Å². The molecule has 2 N–H and O–H groups in total. The van der Waals surface area contributed by atoms with Gasteiger partial charge in [0.2, 0.25) is 11.8 Å². The van der Waals surface area contributed by atoms with Crippen LogP contribution in [0.4, 0.5) is 17.1 Å². The van der Waals surface area contributed by atoms with Crippen LogP contribution in [0, 0.1) is 5.92 Å². The molecule has 2 aromatic rings. The predicted octanol–water partition coefficient (Wildman–Crippen LogP) is 2.70.